The molecule has 0 spiro atoms. The van der Waals surface area contributed by atoms with Gasteiger partial charge in [0.05, 0.1) is 17.0 Å². The maximum absolute atomic E-state index is 14.1. The van der Waals surface area contributed by atoms with Crippen LogP contribution in [-0.2, 0) is 17.4 Å². The van der Waals surface area contributed by atoms with Gasteiger partial charge in [-0.05, 0) is 43.2 Å². The van der Waals surface area contributed by atoms with Gasteiger partial charge < -0.3 is 5.32 Å². The number of benzene rings is 2. The van der Waals surface area contributed by atoms with Crippen LogP contribution < -0.4 is 5.32 Å². The largest absolute Gasteiger partial charge is 0.418 e. The van der Waals surface area contributed by atoms with Gasteiger partial charge in [0.1, 0.15) is 5.82 Å². The van der Waals surface area contributed by atoms with E-state index in [4.69, 9.17) is 0 Å². The second-order valence-electron chi connectivity index (χ2n) is 7.52. The number of amides is 1. The summed E-state index contributed by atoms with van der Waals surface area (Å²) in [7, 11) is 0. The molecule has 0 fully saturated rings. The number of nitrogens with zero attached hydrogens (tertiary/aromatic N) is 4. The Morgan fingerprint density at radius 3 is 2.50 bits per heavy atom. The van der Waals surface area contributed by atoms with E-state index in [2.05, 4.69) is 20.4 Å². The van der Waals surface area contributed by atoms with Crippen LogP contribution in [0.4, 0.5) is 23.2 Å². The highest BCUT2D eigenvalue weighted by atomic mass is 32.2. The lowest BCUT2D eigenvalue weighted by Gasteiger charge is -2.13. The van der Waals surface area contributed by atoms with Gasteiger partial charge in [0.2, 0.25) is 11.1 Å². The first-order valence-electron chi connectivity index (χ1n) is 10.2. The van der Waals surface area contributed by atoms with Crippen molar-refractivity contribution < 1.29 is 22.4 Å². The van der Waals surface area contributed by atoms with Crippen molar-refractivity contribution in [2.45, 2.75) is 31.6 Å². The molecule has 2 aromatic carbocycles. The molecule has 0 radical (unpaired) electrons. The van der Waals surface area contributed by atoms with Crippen molar-refractivity contribution in [1.29, 1.82) is 0 Å². The van der Waals surface area contributed by atoms with Crippen LogP contribution in [0.1, 0.15) is 28.1 Å². The number of para-hydroxylation sites is 1. The summed E-state index contributed by atoms with van der Waals surface area (Å²) in [4.78, 5) is 21.0. The van der Waals surface area contributed by atoms with Crippen LogP contribution in [0.2, 0.25) is 0 Å². The molecule has 1 N–H and O–H groups in total. The molecular formula is C23H19F4N5OS. The Morgan fingerprint density at radius 1 is 1.06 bits per heavy atom. The number of rotatable bonds is 6. The summed E-state index contributed by atoms with van der Waals surface area (Å²) in [6.07, 6.45) is -4.25. The van der Waals surface area contributed by atoms with E-state index >= 15 is 0 Å². The molecule has 0 aliphatic carbocycles. The third-order valence-corrected chi connectivity index (χ3v) is 6.03. The van der Waals surface area contributed by atoms with Crippen LogP contribution in [0.25, 0.3) is 5.78 Å². The van der Waals surface area contributed by atoms with Gasteiger partial charge >= 0.3 is 6.18 Å². The van der Waals surface area contributed by atoms with Gasteiger partial charge in [0, 0.05) is 17.8 Å². The fraction of sp³-hybridized carbons (Fsp3) is 0.217. The molecule has 4 rings (SSSR count). The Morgan fingerprint density at radius 2 is 1.76 bits per heavy atom. The normalized spacial score (nSPS) is 11.7. The number of fused-ring (bicyclic) bond motifs is 1. The summed E-state index contributed by atoms with van der Waals surface area (Å²) in [5.41, 5.74) is 1.51. The first kappa shape index (κ1) is 23.7. The minimum Gasteiger partial charge on any atom is -0.325 e. The van der Waals surface area contributed by atoms with Crippen molar-refractivity contribution >= 4 is 29.1 Å². The van der Waals surface area contributed by atoms with Crippen molar-refractivity contribution in [3.05, 3.63) is 82.4 Å². The molecule has 2 aromatic heterocycles. The summed E-state index contributed by atoms with van der Waals surface area (Å²) in [5, 5.41) is 6.90. The number of carbonyl (C=O) groups is 1. The first-order valence-corrected chi connectivity index (χ1v) is 11.2. The van der Waals surface area contributed by atoms with Crippen molar-refractivity contribution in [3.63, 3.8) is 0 Å². The Bertz CT molecular complexity index is 1370. The standard InChI is InChI=1S/C23H19F4N5OS/c1-13-16(11-15-7-3-5-9-18(15)24)14(2)32-21(28-13)30-22(31-32)34-12-20(33)29-19-10-6-4-8-17(19)23(25,26)27/h3-10H,11-12H2,1-2H3,(H,29,33). The average molecular weight is 489 g/mol. The van der Waals surface area contributed by atoms with Crippen LogP contribution in [0.5, 0.6) is 0 Å². The lowest BCUT2D eigenvalue weighted by Crippen LogP contribution is -2.18. The third kappa shape index (κ3) is 5.04. The Kier molecular flexibility index (Phi) is 6.56. The molecule has 0 bridgehead atoms. The van der Waals surface area contributed by atoms with E-state index in [1.54, 1.807) is 25.1 Å². The fourth-order valence-electron chi connectivity index (χ4n) is 3.49. The van der Waals surface area contributed by atoms with E-state index in [0.717, 1.165) is 29.1 Å². The lowest BCUT2D eigenvalue weighted by molar-refractivity contribution is -0.137. The Labute approximate surface area is 196 Å². The highest BCUT2D eigenvalue weighted by Gasteiger charge is 2.33. The zero-order chi connectivity index (χ0) is 24.5. The van der Waals surface area contributed by atoms with Crippen molar-refractivity contribution in [2.24, 2.45) is 0 Å². The number of halogens is 4. The molecule has 11 heteroatoms. The number of anilines is 1. The monoisotopic (exact) mass is 489 g/mol. The predicted molar refractivity (Wildman–Crippen MR) is 120 cm³/mol. The van der Waals surface area contributed by atoms with E-state index in [0.29, 0.717) is 23.5 Å². The second-order valence-corrected chi connectivity index (χ2v) is 8.46. The van der Waals surface area contributed by atoms with Gasteiger partial charge in [0.15, 0.2) is 0 Å². The second kappa shape index (κ2) is 9.41. The first-order chi connectivity index (χ1) is 16.1. The average Bonchev–Trinajstić information content (AvgIpc) is 3.19. The molecule has 176 valence electrons. The third-order valence-electron chi connectivity index (χ3n) is 5.19. The number of carbonyl (C=O) groups excluding carboxylic acids is 1. The van der Waals surface area contributed by atoms with E-state index in [1.807, 2.05) is 6.92 Å². The van der Waals surface area contributed by atoms with Crippen molar-refractivity contribution in [1.82, 2.24) is 19.6 Å². The number of aryl methyl sites for hydroxylation is 2. The number of hydrogen-bond acceptors (Lipinski definition) is 5. The van der Waals surface area contributed by atoms with E-state index in [-0.39, 0.29) is 22.4 Å². The molecule has 4 aromatic rings. The number of aromatic nitrogens is 4. The molecule has 6 nitrogen and oxygen atoms in total. The molecule has 0 atom stereocenters. The minimum atomic E-state index is -4.58. The van der Waals surface area contributed by atoms with Crippen LogP contribution >= 0.6 is 11.8 Å². The molecule has 0 aliphatic heterocycles. The van der Waals surface area contributed by atoms with Crippen LogP contribution in [0.3, 0.4) is 0 Å². The Hall–Kier alpha value is -3.47. The summed E-state index contributed by atoms with van der Waals surface area (Å²) in [6, 6.07) is 11.3. The van der Waals surface area contributed by atoms with Crippen LogP contribution in [0.15, 0.2) is 53.7 Å². The maximum Gasteiger partial charge on any atom is 0.418 e. The van der Waals surface area contributed by atoms with Crippen LogP contribution in [0, 0.1) is 19.7 Å². The quantitative estimate of drug-likeness (QED) is 0.297. The molecule has 34 heavy (non-hydrogen) atoms. The zero-order valence-electron chi connectivity index (χ0n) is 18.2. The molecule has 0 aliphatic rings. The number of nitrogens with one attached hydrogen (secondary N) is 1. The van der Waals surface area contributed by atoms with Gasteiger partial charge in [-0.25, -0.2) is 13.9 Å². The molecular weight excluding hydrogens is 470 g/mol. The summed E-state index contributed by atoms with van der Waals surface area (Å²) >= 11 is 0.977. The maximum atomic E-state index is 14.1. The molecule has 1 amide bonds. The van der Waals surface area contributed by atoms with Gasteiger partial charge in [-0.1, -0.05) is 42.1 Å². The van der Waals surface area contributed by atoms with Gasteiger partial charge in [-0.2, -0.15) is 18.2 Å². The smallest absolute Gasteiger partial charge is 0.325 e. The van der Waals surface area contributed by atoms with Gasteiger partial charge in [-0.15, -0.1) is 5.10 Å². The van der Waals surface area contributed by atoms with Gasteiger partial charge in [0.25, 0.3) is 5.78 Å². The number of thioether (sulfide) groups is 1. The number of hydrogen-bond donors (Lipinski definition) is 1. The Balaban J connectivity index is 1.50. The summed E-state index contributed by atoms with van der Waals surface area (Å²) < 4.78 is 55.0. The molecule has 0 saturated heterocycles. The topological polar surface area (TPSA) is 72.2 Å². The lowest BCUT2D eigenvalue weighted by atomic mass is 10.0. The predicted octanol–water partition coefficient (Wildman–Crippen LogP) is 5.22. The fourth-order valence-corrected chi connectivity index (χ4v) is 4.11. The highest BCUT2D eigenvalue weighted by molar-refractivity contribution is 7.99. The zero-order valence-corrected chi connectivity index (χ0v) is 19.0. The van der Waals surface area contributed by atoms with Crippen molar-refractivity contribution in [3.8, 4) is 0 Å². The van der Waals surface area contributed by atoms with E-state index in [1.165, 1.54) is 28.8 Å². The van der Waals surface area contributed by atoms with Crippen molar-refractivity contribution in [2.75, 3.05) is 11.1 Å². The molecule has 2 heterocycles. The number of alkyl halides is 3. The van der Waals surface area contributed by atoms with E-state index < -0.39 is 17.6 Å². The molecule has 0 unspecified atom stereocenters. The summed E-state index contributed by atoms with van der Waals surface area (Å²) in [6.45, 7) is 3.62. The van der Waals surface area contributed by atoms with Gasteiger partial charge in [-0.3, -0.25) is 4.79 Å². The minimum absolute atomic E-state index is 0.191. The highest BCUT2D eigenvalue weighted by Crippen LogP contribution is 2.34. The van der Waals surface area contributed by atoms with E-state index in [9.17, 15) is 22.4 Å². The summed E-state index contributed by atoms with van der Waals surface area (Å²) in [5.74, 6) is -0.808. The SMILES string of the molecule is Cc1nc2nc(SCC(=O)Nc3ccccc3C(F)(F)F)nn2c(C)c1Cc1ccccc1F. The van der Waals surface area contributed by atoms with Crippen LogP contribution in [-0.4, -0.2) is 31.2 Å². The molecule has 0 saturated carbocycles.